The molecule has 0 fully saturated rings. The largest absolute Gasteiger partial charge is 0.416 e. The zero-order valence-electron chi connectivity index (χ0n) is 18.7. The van der Waals surface area contributed by atoms with Crippen LogP contribution in [-0.4, -0.2) is 42.9 Å². The molecule has 9 nitrogen and oxygen atoms in total. The van der Waals surface area contributed by atoms with Crippen molar-refractivity contribution in [2.24, 2.45) is 5.10 Å². The van der Waals surface area contributed by atoms with E-state index in [0.29, 0.717) is 0 Å². The number of hydrazone groups is 1. The molecule has 33 heavy (non-hydrogen) atoms. The van der Waals surface area contributed by atoms with E-state index in [1.165, 1.54) is 0 Å². The van der Waals surface area contributed by atoms with Crippen molar-refractivity contribution in [3.8, 4) is 0 Å². The molecule has 14 heteroatoms. The number of alkyl halides is 3. The van der Waals surface area contributed by atoms with Gasteiger partial charge in [0, 0.05) is 12.0 Å². The van der Waals surface area contributed by atoms with E-state index in [1.807, 2.05) is 0 Å². The number of halogens is 3. The summed E-state index contributed by atoms with van der Waals surface area (Å²) in [5, 5.41) is 1.77. The maximum atomic E-state index is 13.8. The minimum atomic E-state index is -4.56. The summed E-state index contributed by atoms with van der Waals surface area (Å²) in [5.41, 5.74) is 1.23. The van der Waals surface area contributed by atoms with E-state index in [1.54, 1.807) is 27.7 Å². The molecule has 186 valence electrons. The third-order valence-electron chi connectivity index (χ3n) is 4.62. The van der Waals surface area contributed by atoms with Gasteiger partial charge in [-0.2, -0.15) is 18.3 Å². The van der Waals surface area contributed by atoms with Crippen molar-refractivity contribution >= 4 is 26.7 Å². The molecule has 0 saturated heterocycles. The Morgan fingerprint density at radius 3 is 1.73 bits per heavy atom. The zero-order chi connectivity index (χ0) is 24.9. The molecule has 1 aromatic carbocycles. The number of benzene rings is 1. The number of carbonyl (C=O) groups is 1. The summed E-state index contributed by atoms with van der Waals surface area (Å²) in [6, 6.07) is 3.53. The topological polar surface area (TPSA) is 113 Å². The highest BCUT2D eigenvalue weighted by atomic mass is 31.2. The van der Waals surface area contributed by atoms with Crippen molar-refractivity contribution in [1.29, 1.82) is 0 Å². The molecule has 0 spiro atoms. The normalized spacial score (nSPS) is 16.4. The van der Waals surface area contributed by atoms with Gasteiger partial charge in [0.25, 0.3) is 5.02 Å². The molecule has 0 unspecified atom stereocenters. The van der Waals surface area contributed by atoms with Crippen molar-refractivity contribution in [2.75, 3.05) is 26.4 Å². The lowest BCUT2D eigenvalue weighted by Crippen LogP contribution is -2.42. The monoisotopic (exact) mass is 514 g/mol. The highest BCUT2D eigenvalue weighted by Gasteiger charge is 2.68. The third kappa shape index (κ3) is 5.42. The number of carbonyl (C=O) groups excluding carboxylic acids is 1. The number of nitrogens with zero attached hydrogens (tertiary/aromatic N) is 1. The van der Waals surface area contributed by atoms with Gasteiger partial charge in [0.15, 0.2) is 0 Å². The number of ketones is 1. The summed E-state index contributed by atoms with van der Waals surface area (Å²) < 4.78 is 87.9. The molecule has 2 rings (SSSR count). The van der Waals surface area contributed by atoms with Crippen LogP contribution in [0.5, 0.6) is 0 Å². The second-order valence-corrected chi connectivity index (χ2v) is 11.6. The lowest BCUT2D eigenvalue weighted by molar-refractivity contribution is -0.137. The SMILES string of the molecule is CCOP(=O)(OCC)C1(P(=O)(OCC)OCC)CC(C(=O)c2ccc(C(F)(F)F)cc2)=NN1. The van der Waals surface area contributed by atoms with Gasteiger partial charge in [0.2, 0.25) is 5.78 Å². The number of rotatable bonds is 12. The zero-order valence-corrected chi connectivity index (χ0v) is 20.5. The summed E-state index contributed by atoms with van der Waals surface area (Å²) in [4.78, 5) is 13.0. The first-order chi connectivity index (χ1) is 15.4. The second kappa shape index (κ2) is 10.8. The fraction of sp³-hybridized carbons (Fsp3) is 0.579. The van der Waals surface area contributed by atoms with E-state index in [9.17, 15) is 27.1 Å². The number of Topliss-reactive ketones (excluding diaryl/α,β-unsaturated/α-hetero) is 1. The van der Waals surface area contributed by atoms with Crippen LogP contribution < -0.4 is 5.43 Å². The van der Waals surface area contributed by atoms with Crippen molar-refractivity contribution in [2.45, 2.75) is 45.3 Å². The standard InChI is InChI=1S/C19H27F3N2O7P2/c1-5-28-32(26,29-6-2)18(33(27,30-7-3)31-8-4)13-16(23-24-18)17(25)14-9-11-15(12-10-14)19(20,21)22/h9-12,24H,5-8,13H2,1-4H3. The Labute approximate surface area is 190 Å². The predicted molar refractivity (Wildman–Crippen MR) is 115 cm³/mol. The van der Waals surface area contributed by atoms with Gasteiger partial charge in [-0.05, 0) is 39.8 Å². The fourth-order valence-corrected chi connectivity index (χ4v) is 8.51. The highest BCUT2D eigenvalue weighted by molar-refractivity contribution is 7.74. The Balaban J connectivity index is 2.50. The molecule has 1 aliphatic heterocycles. The van der Waals surface area contributed by atoms with Crippen LogP contribution in [0, 0.1) is 0 Å². The van der Waals surface area contributed by atoms with Gasteiger partial charge < -0.3 is 18.1 Å². The van der Waals surface area contributed by atoms with E-state index >= 15 is 0 Å². The van der Waals surface area contributed by atoms with E-state index in [0.717, 1.165) is 24.3 Å². The van der Waals surface area contributed by atoms with Gasteiger partial charge >= 0.3 is 21.4 Å². The molecule has 0 amide bonds. The quantitative estimate of drug-likeness (QED) is 0.291. The second-order valence-electron chi connectivity index (χ2n) is 6.73. The first kappa shape index (κ1) is 27.7. The van der Waals surface area contributed by atoms with Crippen molar-refractivity contribution in [3.05, 3.63) is 35.4 Å². The summed E-state index contributed by atoms with van der Waals surface area (Å²) in [7, 11) is -8.63. The Morgan fingerprint density at radius 2 is 1.36 bits per heavy atom. The minimum absolute atomic E-state index is 0.0822. The van der Waals surface area contributed by atoms with Crippen molar-refractivity contribution < 1.29 is 45.2 Å². The van der Waals surface area contributed by atoms with E-state index < -0.39 is 44.2 Å². The van der Waals surface area contributed by atoms with Crippen LogP contribution in [0.15, 0.2) is 29.4 Å². The lowest BCUT2D eigenvalue weighted by atomic mass is 10.0. The summed E-state index contributed by atoms with van der Waals surface area (Å²) in [6.07, 6.45) is -5.09. The van der Waals surface area contributed by atoms with Gasteiger partial charge in [-0.25, -0.2) is 0 Å². The van der Waals surface area contributed by atoms with Gasteiger partial charge in [0.1, 0.15) is 5.71 Å². The molecular weight excluding hydrogens is 487 g/mol. The van der Waals surface area contributed by atoms with Crippen LogP contribution in [-0.2, 0) is 33.4 Å². The Hall–Kier alpha value is -1.55. The molecule has 1 aliphatic rings. The van der Waals surface area contributed by atoms with Crippen LogP contribution in [0.4, 0.5) is 13.2 Å². The molecule has 1 aromatic rings. The molecule has 0 atom stereocenters. The minimum Gasteiger partial charge on any atom is -0.307 e. The Morgan fingerprint density at radius 1 is 0.939 bits per heavy atom. The highest BCUT2D eigenvalue weighted by Crippen LogP contribution is 2.78. The average Bonchev–Trinajstić information content (AvgIpc) is 3.21. The Kier molecular flexibility index (Phi) is 9.06. The van der Waals surface area contributed by atoms with Gasteiger partial charge in [-0.15, -0.1) is 0 Å². The lowest BCUT2D eigenvalue weighted by Gasteiger charge is -2.38. The van der Waals surface area contributed by atoms with Crippen molar-refractivity contribution in [1.82, 2.24) is 5.43 Å². The van der Waals surface area contributed by atoms with Gasteiger partial charge in [-0.1, -0.05) is 12.1 Å². The Bertz CT molecular complexity index is 917. The smallest absolute Gasteiger partial charge is 0.307 e. The van der Waals surface area contributed by atoms with Crippen LogP contribution >= 0.6 is 15.2 Å². The molecule has 0 radical (unpaired) electrons. The number of hydrogen-bond donors (Lipinski definition) is 1. The van der Waals surface area contributed by atoms with Gasteiger partial charge in [-0.3, -0.25) is 19.4 Å². The fourth-order valence-electron chi connectivity index (χ4n) is 3.23. The average molecular weight is 514 g/mol. The predicted octanol–water partition coefficient (Wildman–Crippen LogP) is 5.42. The number of hydrogen-bond acceptors (Lipinski definition) is 9. The first-order valence-corrected chi connectivity index (χ1v) is 13.4. The van der Waals surface area contributed by atoms with Crippen LogP contribution in [0.25, 0.3) is 0 Å². The molecule has 1 N–H and O–H groups in total. The molecule has 0 aliphatic carbocycles. The maximum absolute atomic E-state index is 13.8. The maximum Gasteiger partial charge on any atom is 0.416 e. The molecule has 0 aromatic heterocycles. The van der Waals surface area contributed by atoms with E-state index in [4.69, 9.17) is 18.1 Å². The van der Waals surface area contributed by atoms with E-state index in [2.05, 4.69) is 10.5 Å². The van der Waals surface area contributed by atoms with Crippen LogP contribution in [0.2, 0.25) is 0 Å². The summed E-state index contributed by atoms with van der Waals surface area (Å²) in [6.45, 7) is 5.88. The molecule has 0 saturated carbocycles. The molecule has 0 bridgehead atoms. The number of nitrogens with one attached hydrogen (secondary N) is 1. The summed E-state index contributed by atoms with van der Waals surface area (Å²) in [5.74, 6) is -0.753. The first-order valence-electron chi connectivity index (χ1n) is 10.3. The van der Waals surface area contributed by atoms with Crippen LogP contribution in [0.1, 0.15) is 50.0 Å². The summed E-state index contributed by atoms with van der Waals surface area (Å²) >= 11 is 0. The molecule has 1 heterocycles. The van der Waals surface area contributed by atoms with Gasteiger partial charge in [0.05, 0.1) is 32.0 Å². The third-order valence-corrected chi connectivity index (χ3v) is 10.8. The van der Waals surface area contributed by atoms with E-state index in [-0.39, 0.29) is 37.7 Å². The van der Waals surface area contributed by atoms with Crippen molar-refractivity contribution in [3.63, 3.8) is 0 Å². The van der Waals surface area contributed by atoms with Crippen LogP contribution in [0.3, 0.4) is 0 Å². The molecular formula is C19H27F3N2O7P2.